The van der Waals surface area contributed by atoms with Crippen LogP contribution in [-0.2, 0) is 19.5 Å². The van der Waals surface area contributed by atoms with E-state index in [0.29, 0.717) is 22.5 Å². The highest BCUT2D eigenvalue weighted by Gasteiger charge is 2.36. The van der Waals surface area contributed by atoms with Crippen molar-refractivity contribution in [2.75, 3.05) is 6.26 Å². The normalized spacial score (nSPS) is 16.4. The standard InChI is InChI=1S/C16H16BNO6S/c1-25(21,22)18-16(19)10-15-13-8-7-12(9-14(13)17(20)24-15)23-11-5-3-2-4-6-11/h2-9,15,20H,10H2,1H3,(H,18,19). The highest BCUT2D eigenvalue weighted by atomic mass is 32.2. The van der Waals surface area contributed by atoms with Gasteiger partial charge in [-0.05, 0) is 35.3 Å². The van der Waals surface area contributed by atoms with E-state index in [0.717, 1.165) is 6.26 Å². The fraction of sp³-hybridized carbons (Fsp3) is 0.188. The Balaban J connectivity index is 1.76. The Hall–Kier alpha value is -2.36. The minimum Gasteiger partial charge on any atom is -0.457 e. The molecule has 0 aromatic heterocycles. The zero-order valence-corrected chi connectivity index (χ0v) is 14.2. The van der Waals surface area contributed by atoms with E-state index in [1.807, 2.05) is 22.9 Å². The van der Waals surface area contributed by atoms with Gasteiger partial charge in [0, 0.05) is 0 Å². The van der Waals surface area contributed by atoms with Gasteiger partial charge in [0.05, 0.1) is 18.8 Å². The second kappa shape index (κ2) is 6.87. The number of hydrogen-bond acceptors (Lipinski definition) is 6. The third kappa shape index (κ3) is 4.39. The molecule has 1 unspecified atom stereocenters. The molecule has 1 aliphatic rings. The maximum atomic E-state index is 11.8. The Labute approximate surface area is 145 Å². The quantitative estimate of drug-likeness (QED) is 0.761. The summed E-state index contributed by atoms with van der Waals surface area (Å²) >= 11 is 0. The van der Waals surface area contributed by atoms with Crippen LogP contribution in [0.1, 0.15) is 18.1 Å². The van der Waals surface area contributed by atoms with Crippen LogP contribution in [0.25, 0.3) is 0 Å². The number of sulfonamides is 1. The molecule has 0 bridgehead atoms. The molecular weight excluding hydrogens is 345 g/mol. The first-order valence-electron chi connectivity index (χ1n) is 7.53. The predicted octanol–water partition coefficient (Wildman–Crippen LogP) is 0.704. The number of ether oxygens (including phenoxy) is 1. The van der Waals surface area contributed by atoms with Crippen LogP contribution >= 0.6 is 0 Å². The third-order valence-electron chi connectivity index (χ3n) is 3.61. The molecule has 0 radical (unpaired) electrons. The number of amides is 1. The first-order valence-corrected chi connectivity index (χ1v) is 9.42. The fourth-order valence-corrected chi connectivity index (χ4v) is 3.12. The maximum Gasteiger partial charge on any atom is 0.492 e. The van der Waals surface area contributed by atoms with E-state index in [1.165, 1.54) is 0 Å². The summed E-state index contributed by atoms with van der Waals surface area (Å²) in [5.74, 6) is 0.478. The van der Waals surface area contributed by atoms with Crippen molar-refractivity contribution in [3.05, 3.63) is 54.1 Å². The zero-order valence-electron chi connectivity index (χ0n) is 13.4. The number of carbonyl (C=O) groups excluding carboxylic acids is 1. The molecule has 25 heavy (non-hydrogen) atoms. The van der Waals surface area contributed by atoms with Gasteiger partial charge in [0.15, 0.2) is 0 Å². The van der Waals surface area contributed by atoms with E-state index >= 15 is 0 Å². The monoisotopic (exact) mass is 361 g/mol. The first kappa shape index (κ1) is 17.5. The molecule has 9 heteroatoms. The lowest BCUT2D eigenvalue weighted by atomic mass is 9.79. The molecule has 0 fully saturated rings. The van der Waals surface area contributed by atoms with Crippen LogP contribution < -0.4 is 14.9 Å². The highest BCUT2D eigenvalue weighted by molar-refractivity contribution is 7.89. The average Bonchev–Trinajstić information content (AvgIpc) is 2.82. The lowest BCUT2D eigenvalue weighted by Gasteiger charge is -2.12. The first-order chi connectivity index (χ1) is 11.8. The van der Waals surface area contributed by atoms with Gasteiger partial charge in [-0.15, -0.1) is 0 Å². The van der Waals surface area contributed by atoms with E-state index in [2.05, 4.69) is 0 Å². The third-order valence-corrected chi connectivity index (χ3v) is 4.21. The Bertz CT molecular complexity index is 887. The van der Waals surface area contributed by atoms with Gasteiger partial charge in [-0.1, -0.05) is 24.3 Å². The number of benzene rings is 2. The molecule has 0 spiro atoms. The largest absolute Gasteiger partial charge is 0.492 e. The van der Waals surface area contributed by atoms with E-state index in [4.69, 9.17) is 9.39 Å². The van der Waals surface area contributed by atoms with Crippen molar-refractivity contribution in [1.82, 2.24) is 4.72 Å². The second-order valence-corrected chi connectivity index (χ2v) is 7.43. The summed E-state index contributed by atoms with van der Waals surface area (Å²) in [6.45, 7) is 0. The summed E-state index contributed by atoms with van der Waals surface area (Å²) in [5, 5.41) is 10.1. The summed E-state index contributed by atoms with van der Waals surface area (Å²) in [7, 11) is -4.84. The van der Waals surface area contributed by atoms with E-state index in [-0.39, 0.29) is 6.42 Å². The van der Waals surface area contributed by atoms with Gasteiger partial charge in [-0.3, -0.25) is 9.52 Å². The van der Waals surface area contributed by atoms with Gasteiger partial charge in [0.2, 0.25) is 15.9 Å². The Kier molecular flexibility index (Phi) is 4.80. The van der Waals surface area contributed by atoms with E-state index in [1.54, 1.807) is 30.3 Å². The molecule has 0 saturated heterocycles. The topological polar surface area (TPSA) is 102 Å². The maximum absolute atomic E-state index is 11.8. The van der Waals surface area contributed by atoms with Gasteiger partial charge >= 0.3 is 7.12 Å². The van der Waals surface area contributed by atoms with Crippen molar-refractivity contribution in [3.63, 3.8) is 0 Å². The van der Waals surface area contributed by atoms with E-state index < -0.39 is 29.2 Å². The summed E-state index contributed by atoms with van der Waals surface area (Å²) in [6.07, 6.45) is -0.0376. The molecule has 0 saturated carbocycles. The van der Waals surface area contributed by atoms with Crippen LogP contribution in [0.3, 0.4) is 0 Å². The smallest absolute Gasteiger partial charge is 0.457 e. The van der Waals surface area contributed by atoms with E-state index in [9.17, 15) is 18.2 Å². The molecule has 130 valence electrons. The lowest BCUT2D eigenvalue weighted by Crippen LogP contribution is -2.30. The van der Waals surface area contributed by atoms with Crippen molar-refractivity contribution in [1.29, 1.82) is 0 Å². The summed E-state index contributed by atoms with van der Waals surface area (Å²) in [4.78, 5) is 11.8. The number of hydrogen-bond donors (Lipinski definition) is 2. The summed E-state index contributed by atoms with van der Waals surface area (Å²) in [6, 6.07) is 14.2. The van der Waals surface area contributed by atoms with Crippen LogP contribution in [0.15, 0.2) is 48.5 Å². The molecule has 0 aliphatic carbocycles. The Morgan fingerprint density at radius 1 is 1.24 bits per heavy atom. The number of nitrogens with one attached hydrogen (secondary N) is 1. The average molecular weight is 361 g/mol. The predicted molar refractivity (Wildman–Crippen MR) is 92.0 cm³/mol. The van der Waals surface area contributed by atoms with Crippen LogP contribution in [0, 0.1) is 0 Å². The molecule has 3 rings (SSSR count). The van der Waals surface area contributed by atoms with Gasteiger partial charge in [0.1, 0.15) is 11.5 Å². The molecular formula is C16H16BNO6S. The Morgan fingerprint density at radius 2 is 1.96 bits per heavy atom. The van der Waals surface area contributed by atoms with Crippen molar-refractivity contribution in [3.8, 4) is 11.5 Å². The van der Waals surface area contributed by atoms with Crippen LogP contribution in [-0.4, -0.2) is 32.7 Å². The minimum atomic E-state index is -3.63. The number of carbonyl (C=O) groups is 1. The highest BCUT2D eigenvalue weighted by Crippen LogP contribution is 2.30. The molecule has 1 amide bonds. The van der Waals surface area contributed by atoms with Crippen LogP contribution in [0.5, 0.6) is 11.5 Å². The summed E-state index contributed by atoms with van der Waals surface area (Å²) < 4.78 is 35.2. The van der Waals surface area contributed by atoms with Gasteiger partial charge in [-0.25, -0.2) is 8.42 Å². The molecule has 7 nitrogen and oxygen atoms in total. The lowest BCUT2D eigenvalue weighted by molar-refractivity contribution is -0.121. The SMILES string of the molecule is CS(=O)(=O)NC(=O)CC1OB(O)c2cc(Oc3ccccc3)ccc21. The van der Waals surface area contributed by atoms with Crippen molar-refractivity contribution >= 4 is 28.5 Å². The number of fused-ring (bicyclic) bond motifs is 1. The van der Waals surface area contributed by atoms with Crippen LogP contribution in [0.4, 0.5) is 0 Å². The summed E-state index contributed by atoms with van der Waals surface area (Å²) in [5.41, 5.74) is 1.11. The van der Waals surface area contributed by atoms with Crippen molar-refractivity contribution in [2.45, 2.75) is 12.5 Å². The fourth-order valence-electron chi connectivity index (χ4n) is 2.63. The van der Waals surface area contributed by atoms with Gasteiger partial charge in [-0.2, -0.15) is 0 Å². The molecule has 2 aromatic carbocycles. The van der Waals surface area contributed by atoms with Gasteiger partial charge < -0.3 is 14.4 Å². The van der Waals surface area contributed by atoms with Crippen LogP contribution in [0.2, 0.25) is 0 Å². The molecule has 1 aliphatic heterocycles. The molecule has 2 N–H and O–H groups in total. The molecule has 1 heterocycles. The van der Waals surface area contributed by atoms with Gasteiger partial charge in [0.25, 0.3) is 0 Å². The second-order valence-electron chi connectivity index (χ2n) is 5.68. The Morgan fingerprint density at radius 3 is 2.64 bits per heavy atom. The number of para-hydroxylation sites is 1. The molecule has 1 atom stereocenters. The van der Waals surface area contributed by atoms with Crippen molar-refractivity contribution in [2.24, 2.45) is 0 Å². The zero-order chi connectivity index (χ0) is 18.0. The number of rotatable bonds is 5. The molecule has 2 aromatic rings. The minimum absolute atomic E-state index is 0.212. The van der Waals surface area contributed by atoms with Crippen molar-refractivity contribution < 1.29 is 27.6 Å².